The third-order valence-electron chi connectivity index (χ3n) is 2.86. The molecule has 0 heterocycles. The standard InChI is InChI=1S/C15H17NO/c1-12(14-9-5-6-10-15(14)17)16-11-13-7-3-2-4-8-13/h2-10,12,16-17H,11H2,1H3/t12-/m1/s1. The second-order valence-corrected chi connectivity index (χ2v) is 4.15. The van der Waals surface area contributed by atoms with Gasteiger partial charge in [0.05, 0.1) is 0 Å². The van der Waals surface area contributed by atoms with Gasteiger partial charge in [-0.05, 0) is 18.6 Å². The van der Waals surface area contributed by atoms with Crippen LogP contribution in [0.2, 0.25) is 0 Å². The summed E-state index contributed by atoms with van der Waals surface area (Å²) in [5.41, 5.74) is 2.18. The molecule has 0 aliphatic rings. The SMILES string of the molecule is C[C@@H](NCc1ccccc1)c1ccccc1O. The number of phenolic OH excluding ortho intramolecular Hbond substituents is 1. The summed E-state index contributed by atoms with van der Waals surface area (Å²) in [5.74, 6) is 0.348. The first-order valence-corrected chi connectivity index (χ1v) is 5.82. The van der Waals surface area contributed by atoms with Gasteiger partial charge >= 0.3 is 0 Å². The van der Waals surface area contributed by atoms with E-state index >= 15 is 0 Å². The number of nitrogens with one attached hydrogen (secondary N) is 1. The molecule has 0 aliphatic heterocycles. The lowest BCUT2D eigenvalue weighted by atomic mass is 10.1. The number of aromatic hydroxyl groups is 1. The quantitative estimate of drug-likeness (QED) is 0.840. The van der Waals surface area contributed by atoms with Crippen LogP contribution >= 0.6 is 0 Å². The van der Waals surface area contributed by atoms with Crippen molar-refractivity contribution in [3.05, 3.63) is 65.7 Å². The summed E-state index contributed by atoms with van der Waals surface area (Å²) in [6, 6.07) is 17.8. The fraction of sp³-hybridized carbons (Fsp3) is 0.200. The van der Waals surface area contributed by atoms with Gasteiger partial charge in [0.2, 0.25) is 0 Å². The van der Waals surface area contributed by atoms with Crippen LogP contribution in [-0.4, -0.2) is 5.11 Å². The fourth-order valence-electron chi connectivity index (χ4n) is 1.83. The average molecular weight is 227 g/mol. The van der Waals surface area contributed by atoms with E-state index in [0.717, 1.165) is 12.1 Å². The lowest BCUT2D eigenvalue weighted by Gasteiger charge is -2.15. The molecule has 0 saturated carbocycles. The largest absolute Gasteiger partial charge is 0.508 e. The molecule has 0 fully saturated rings. The van der Waals surface area contributed by atoms with Crippen LogP contribution in [0.25, 0.3) is 0 Å². The van der Waals surface area contributed by atoms with Crippen molar-refractivity contribution >= 4 is 0 Å². The smallest absolute Gasteiger partial charge is 0.120 e. The van der Waals surface area contributed by atoms with Crippen LogP contribution in [0, 0.1) is 0 Å². The van der Waals surface area contributed by atoms with E-state index in [1.807, 2.05) is 36.4 Å². The molecule has 0 aliphatic carbocycles. The Hall–Kier alpha value is -1.80. The molecule has 0 spiro atoms. The number of rotatable bonds is 4. The van der Waals surface area contributed by atoms with Gasteiger partial charge in [-0.1, -0.05) is 48.5 Å². The van der Waals surface area contributed by atoms with Gasteiger partial charge in [0, 0.05) is 18.2 Å². The molecule has 88 valence electrons. The molecule has 2 N–H and O–H groups in total. The first kappa shape index (κ1) is 11.7. The van der Waals surface area contributed by atoms with E-state index in [2.05, 4.69) is 24.4 Å². The van der Waals surface area contributed by atoms with Crippen molar-refractivity contribution in [1.29, 1.82) is 0 Å². The molecule has 2 aromatic carbocycles. The van der Waals surface area contributed by atoms with E-state index < -0.39 is 0 Å². The maximum atomic E-state index is 9.74. The Morgan fingerprint density at radius 2 is 1.65 bits per heavy atom. The van der Waals surface area contributed by atoms with E-state index in [1.165, 1.54) is 5.56 Å². The van der Waals surface area contributed by atoms with Crippen molar-refractivity contribution in [2.24, 2.45) is 0 Å². The van der Waals surface area contributed by atoms with Gasteiger partial charge in [0.15, 0.2) is 0 Å². The normalized spacial score (nSPS) is 12.3. The summed E-state index contributed by atoms with van der Waals surface area (Å²) >= 11 is 0. The Morgan fingerprint density at radius 3 is 2.35 bits per heavy atom. The van der Waals surface area contributed by atoms with Crippen molar-refractivity contribution in [2.45, 2.75) is 19.5 Å². The minimum Gasteiger partial charge on any atom is -0.508 e. The minimum atomic E-state index is 0.136. The summed E-state index contributed by atoms with van der Waals surface area (Å²) in [4.78, 5) is 0. The second kappa shape index (κ2) is 5.51. The molecule has 0 amide bonds. The van der Waals surface area contributed by atoms with Gasteiger partial charge in [-0.15, -0.1) is 0 Å². The third-order valence-corrected chi connectivity index (χ3v) is 2.86. The number of hydrogen-bond donors (Lipinski definition) is 2. The van der Waals surface area contributed by atoms with E-state index in [-0.39, 0.29) is 6.04 Å². The zero-order valence-electron chi connectivity index (χ0n) is 9.93. The Morgan fingerprint density at radius 1 is 1.00 bits per heavy atom. The number of para-hydroxylation sites is 1. The predicted octanol–water partition coefficient (Wildman–Crippen LogP) is 3.24. The monoisotopic (exact) mass is 227 g/mol. The van der Waals surface area contributed by atoms with Gasteiger partial charge in [-0.25, -0.2) is 0 Å². The number of benzene rings is 2. The molecule has 2 aromatic rings. The van der Waals surface area contributed by atoms with Crippen LogP contribution in [-0.2, 0) is 6.54 Å². The number of hydrogen-bond acceptors (Lipinski definition) is 2. The maximum Gasteiger partial charge on any atom is 0.120 e. The Labute approximate surface area is 102 Å². The molecule has 2 heteroatoms. The van der Waals surface area contributed by atoms with Gasteiger partial charge in [-0.3, -0.25) is 0 Å². The molecule has 2 rings (SSSR count). The topological polar surface area (TPSA) is 32.3 Å². The molecule has 0 saturated heterocycles. The average Bonchev–Trinajstić information content (AvgIpc) is 2.38. The Balaban J connectivity index is 1.99. The predicted molar refractivity (Wildman–Crippen MR) is 69.8 cm³/mol. The van der Waals surface area contributed by atoms with Crippen LogP contribution in [0.5, 0.6) is 5.75 Å². The van der Waals surface area contributed by atoms with Crippen LogP contribution in [0.1, 0.15) is 24.1 Å². The van der Waals surface area contributed by atoms with Crippen molar-refractivity contribution in [3.63, 3.8) is 0 Å². The van der Waals surface area contributed by atoms with Crippen molar-refractivity contribution in [3.8, 4) is 5.75 Å². The highest BCUT2D eigenvalue weighted by molar-refractivity contribution is 5.34. The Kier molecular flexibility index (Phi) is 3.78. The summed E-state index contributed by atoms with van der Waals surface area (Å²) in [7, 11) is 0. The van der Waals surface area contributed by atoms with E-state index in [4.69, 9.17) is 0 Å². The van der Waals surface area contributed by atoms with Crippen LogP contribution in [0.4, 0.5) is 0 Å². The van der Waals surface area contributed by atoms with E-state index in [1.54, 1.807) is 6.07 Å². The van der Waals surface area contributed by atoms with Crippen molar-refractivity contribution in [2.75, 3.05) is 0 Å². The maximum absolute atomic E-state index is 9.74. The van der Waals surface area contributed by atoms with Crippen molar-refractivity contribution in [1.82, 2.24) is 5.32 Å². The third kappa shape index (κ3) is 3.08. The van der Waals surface area contributed by atoms with E-state index in [0.29, 0.717) is 5.75 Å². The summed E-state index contributed by atoms with van der Waals surface area (Å²) in [6.07, 6.45) is 0. The lowest BCUT2D eigenvalue weighted by molar-refractivity contribution is 0.452. The van der Waals surface area contributed by atoms with Crippen LogP contribution < -0.4 is 5.32 Å². The van der Waals surface area contributed by atoms with Gasteiger partial charge < -0.3 is 10.4 Å². The van der Waals surface area contributed by atoms with Crippen molar-refractivity contribution < 1.29 is 5.11 Å². The fourth-order valence-corrected chi connectivity index (χ4v) is 1.83. The highest BCUT2D eigenvalue weighted by Gasteiger charge is 2.08. The molecular weight excluding hydrogens is 210 g/mol. The summed E-state index contributed by atoms with van der Waals surface area (Å²) < 4.78 is 0. The van der Waals surface area contributed by atoms with Gasteiger partial charge in [0.25, 0.3) is 0 Å². The molecule has 1 atom stereocenters. The first-order valence-electron chi connectivity index (χ1n) is 5.82. The molecule has 0 bridgehead atoms. The number of phenols is 1. The van der Waals surface area contributed by atoms with E-state index in [9.17, 15) is 5.11 Å². The molecule has 17 heavy (non-hydrogen) atoms. The molecule has 0 radical (unpaired) electrons. The van der Waals surface area contributed by atoms with Crippen LogP contribution in [0.3, 0.4) is 0 Å². The summed E-state index contributed by atoms with van der Waals surface area (Å²) in [5, 5.41) is 13.1. The molecule has 2 nitrogen and oxygen atoms in total. The first-order chi connectivity index (χ1) is 8.27. The highest BCUT2D eigenvalue weighted by Crippen LogP contribution is 2.23. The lowest BCUT2D eigenvalue weighted by Crippen LogP contribution is -2.18. The highest BCUT2D eigenvalue weighted by atomic mass is 16.3. The zero-order chi connectivity index (χ0) is 12.1. The minimum absolute atomic E-state index is 0.136. The summed E-state index contributed by atoms with van der Waals surface area (Å²) in [6.45, 7) is 2.86. The molecular formula is C15H17NO. The molecule has 0 unspecified atom stereocenters. The Bertz CT molecular complexity index is 467. The van der Waals surface area contributed by atoms with Crippen LogP contribution in [0.15, 0.2) is 54.6 Å². The zero-order valence-corrected chi connectivity index (χ0v) is 9.93. The molecule has 0 aromatic heterocycles. The van der Waals surface area contributed by atoms with Gasteiger partial charge in [0.1, 0.15) is 5.75 Å². The second-order valence-electron chi connectivity index (χ2n) is 4.15. The van der Waals surface area contributed by atoms with Gasteiger partial charge in [-0.2, -0.15) is 0 Å².